The number of carbonyl (C=O) groups is 1. The van der Waals surface area contributed by atoms with Crippen molar-refractivity contribution in [1.29, 1.82) is 0 Å². The molecule has 1 N–H and O–H groups in total. The number of halogens is 1. The summed E-state index contributed by atoms with van der Waals surface area (Å²) in [7, 11) is 0. The maximum absolute atomic E-state index is 11.8. The van der Waals surface area contributed by atoms with Gasteiger partial charge in [-0.3, -0.25) is 4.79 Å². The van der Waals surface area contributed by atoms with Crippen molar-refractivity contribution in [2.45, 2.75) is 19.9 Å². The van der Waals surface area contributed by atoms with E-state index in [9.17, 15) is 4.79 Å². The van der Waals surface area contributed by atoms with Crippen LogP contribution >= 0.6 is 22.9 Å². The third-order valence-electron chi connectivity index (χ3n) is 2.53. The highest BCUT2D eigenvalue weighted by Gasteiger charge is 2.11. The predicted molar refractivity (Wildman–Crippen MR) is 71.9 cm³/mol. The van der Waals surface area contributed by atoms with Crippen molar-refractivity contribution in [1.82, 2.24) is 15.5 Å². The molecular formula is C12H12ClN3OS. The number of benzene rings is 1. The van der Waals surface area contributed by atoms with E-state index in [1.54, 1.807) is 0 Å². The Hall–Kier alpha value is -1.46. The van der Waals surface area contributed by atoms with E-state index in [1.165, 1.54) is 5.56 Å². The minimum Gasteiger partial charge on any atom is -0.346 e. The molecule has 0 radical (unpaired) electrons. The second-order valence-corrected chi connectivity index (χ2v) is 5.22. The van der Waals surface area contributed by atoms with E-state index in [2.05, 4.69) is 28.5 Å². The molecule has 0 bridgehead atoms. The van der Waals surface area contributed by atoms with Crippen molar-refractivity contribution in [2.24, 2.45) is 0 Å². The minimum atomic E-state index is -0.245. The average molecular weight is 282 g/mol. The molecule has 0 aliphatic heterocycles. The third-order valence-corrected chi connectivity index (χ3v) is 3.55. The molecule has 1 heterocycles. The summed E-state index contributed by atoms with van der Waals surface area (Å²) in [6.45, 7) is 2.57. The van der Waals surface area contributed by atoms with Gasteiger partial charge in [-0.05, 0) is 29.1 Å². The number of aryl methyl sites for hydroxylation is 1. The summed E-state index contributed by atoms with van der Waals surface area (Å²) in [6.07, 6.45) is 0.941. The Morgan fingerprint density at radius 1 is 1.33 bits per heavy atom. The van der Waals surface area contributed by atoms with Crippen LogP contribution in [-0.4, -0.2) is 16.1 Å². The molecule has 0 saturated heterocycles. The summed E-state index contributed by atoms with van der Waals surface area (Å²) in [4.78, 5) is 11.8. The lowest BCUT2D eigenvalue weighted by Gasteiger charge is -2.07. The lowest BCUT2D eigenvalue weighted by Crippen LogP contribution is -2.23. The molecule has 2 rings (SSSR count). The number of carbonyl (C=O) groups excluding carboxylic acids is 1. The molecule has 6 heteroatoms. The van der Waals surface area contributed by atoms with Gasteiger partial charge < -0.3 is 5.32 Å². The highest BCUT2D eigenvalue weighted by molar-refractivity contribution is 7.17. The summed E-state index contributed by atoms with van der Waals surface area (Å²) in [5.74, 6) is -0.245. The van der Waals surface area contributed by atoms with E-state index in [0.717, 1.165) is 23.3 Å². The standard InChI is InChI=1S/C12H12ClN3OS/c1-2-8-5-3-4-6-9(8)7-14-10(17)11-15-16-12(13)18-11/h3-6H,2,7H2,1H3,(H,14,17). The fraction of sp³-hybridized carbons (Fsp3) is 0.250. The van der Waals surface area contributed by atoms with Gasteiger partial charge in [0.2, 0.25) is 9.47 Å². The second-order valence-electron chi connectivity index (χ2n) is 3.67. The molecule has 0 atom stereocenters. The fourth-order valence-corrected chi connectivity index (χ4v) is 2.37. The van der Waals surface area contributed by atoms with Crippen LogP contribution in [0.4, 0.5) is 0 Å². The van der Waals surface area contributed by atoms with Crippen LogP contribution in [0.3, 0.4) is 0 Å². The van der Waals surface area contributed by atoms with Gasteiger partial charge in [-0.1, -0.05) is 42.5 Å². The first-order valence-electron chi connectivity index (χ1n) is 5.54. The second kappa shape index (κ2) is 5.93. The average Bonchev–Trinajstić information content (AvgIpc) is 2.83. The van der Waals surface area contributed by atoms with E-state index in [0.29, 0.717) is 6.54 Å². The van der Waals surface area contributed by atoms with Gasteiger partial charge in [-0.15, -0.1) is 10.2 Å². The topological polar surface area (TPSA) is 54.9 Å². The maximum Gasteiger partial charge on any atom is 0.282 e. The molecule has 0 saturated carbocycles. The zero-order valence-electron chi connectivity index (χ0n) is 9.81. The highest BCUT2D eigenvalue weighted by atomic mass is 35.5. The van der Waals surface area contributed by atoms with Crippen LogP contribution in [0.5, 0.6) is 0 Å². The first kappa shape index (κ1) is 13.0. The highest BCUT2D eigenvalue weighted by Crippen LogP contribution is 2.15. The van der Waals surface area contributed by atoms with Crippen molar-refractivity contribution in [3.05, 3.63) is 44.9 Å². The molecule has 0 fully saturated rings. The van der Waals surface area contributed by atoms with Crippen LogP contribution in [0.1, 0.15) is 27.9 Å². The number of nitrogens with zero attached hydrogens (tertiary/aromatic N) is 2. The van der Waals surface area contributed by atoms with Crippen molar-refractivity contribution in [3.63, 3.8) is 0 Å². The van der Waals surface area contributed by atoms with Crippen LogP contribution < -0.4 is 5.32 Å². The molecular weight excluding hydrogens is 270 g/mol. The summed E-state index contributed by atoms with van der Waals surface area (Å²) in [6, 6.07) is 8.02. The Morgan fingerprint density at radius 2 is 2.06 bits per heavy atom. The van der Waals surface area contributed by atoms with E-state index in [-0.39, 0.29) is 15.4 Å². The molecule has 4 nitrogen and oxygen atoms in total. The van der Waals surface area contributed by atoms with E-state index in [4.69, 9.17) is 11.6 Å². The van der Waals surface area contributed by atoms with E-state index in [1.807, 2.05) is 18.2 Å². The molecule has 18 heavy (non-hydrogen) atoms. The lowest BCUT2D eigenvalue weighted by atomic mass is 10.1. The van der Waals surface area contributed by atoms with Crippen molar-refractivity contribution in [2.75, 3.05) is 0 Å². The Bertz CT molecular complexity index is 556. The molecule has 1 amide bonds. The number of rotatable bonds is 4. The van der Waals surface area contributed by atoms with Gasteiger partial charge in [0.1, 0.15) is 0 Å². The van der Waals surface area contributed by atoms with Gasteiger partial charge in [0.15, 0.2) is 0 Å². The maximum atomic E-state index is 11.8. The molecule has 1 aromatic carbocycles. The number of aromatic nitrogens is 2. The normalized spacial score (nSPS) is 10.3. The van der Waals surface area contributed by atoms with Crippen LogP contribution in [0.2, 0.25) is 4.47 Å². The molecule has 1 aromatic heterocycles. The van der Waals surface area contributed by atoms with Crippen molar-refractivity contribution in [3.8, 4) is 0 Å². The quantitative estimate of drug-likeness (QED) is 0.937. The Morgan fingerprint density at radius 3 is 2.67 bits per heavy atom. The zero-order valence-corrected chi connectivity index (χ0v) is 11.4. The molecule has 94 valence electrons. The van der Waals surface area contributed by atoms with Crippen LogP contribution in [-0.2, 0) is 13.0 Å². The summed E-state index contributed by atoms with van der Waals surface area (Å²) in [5, 5.41) is 10.4. The first-order chi connectivity index (χ1) is 8.70. The van der Waals surface area contributed by atoms with Gasteiger partial charge in [0, 0.05) is 6.54 Å². The van der Waals surface area contributed by atoms with Gasteiger partial charge >= 0.3 is 0 Å². The fourth-order valence-electron chi connectivity index (χ4n) is 1.62. The lowest BCUT2D eigenvalue weighted by molar-refractivity contribution is 0.0949. The number of nitrogens with one attached hydrogen (secondary N) is 1. The summed E-state index contributed by atoms with van der Waals surface area (Å²) >= 11 is 6.71. The van der Waals surface area contributed by atoms with Gasteiger partial charge in [0.05, 0.1) is 0 Å². The summed E-state index contributed by atoms with van der Waals surface area (Å²) < 4.78 is 0.272. The molecule has 0 unspecified atom stereocenters. The third kappa shape index (κ3) is 3.05. The van der Waals surface area contributed by atoms with Crippen LogP contribution in [0, 0.1) is 0 Å². The molecule has 0 aliphatic rings. The van der Waals surface area contributed by atoms with Crippen LogP contribution in [0.15, 0.2) is 24.3 Å². The molecule has 0 spiro atoms. The number of hydrogen-bond acceptors (Lipinski definition) is 4. The van der Waals surface area contributed by atoms with E-state index >= 15 is 0 Å². The zero-order chi connectivity index (χ0) is 13.0. The Kier molecular flexibility index (Phi) is 4.28. The van der Waals surface area contributed by atoms with Crippen molar-refractivity contribution >= 4 is 28.8 Å². The minimum absolute atomic E-state index is 0.245. The van der Waals surface area contributed by atoms with Gasteiger partial charge in [-0.2, -0.15) is 0 Å². The number of hydrogen-bond donors (Lipinski definition) is 1. The number of amides is 1. The first-order valence-corrected chi connectivity index (χ1v) is 6.74. The van der Waals surface area contributed by atoms with Gasteiger partial charge in [0.25, 0.3) is 5.91 Å². The summed E-state index contributed by atoms with van der Waals surface area (Å²) in [5.41, 5.74) is 2.34. The molecule has 0 aliphatic carbocycles. The van der Waals surface area contributed by atoms with Gasteiger partial charge in [-0.25, -0.2) is 0 Å². The predicted octanol–water partition coefficient (Wildman–Crippen LogP) is 2.68. The Labute approximate surface area is 114 Å². The van der Waals surface area contributed by atoms with E-state index < -0.39 is 0 Å². The monoisotopic (exact) mass is 281 g/mol. The van der Waals surface area contributed by atoms with Crippen molar-refractivity contribution < 1.29 is 4.79 Å². The smallest absolute Gasteiger partial charge is 0.282 e. The Balaban J connectivity index is 2.01. The largest absolute Gasteiger partial charge is 0.346 e. The molecule has 2 aromatic rings. The van der Waals surface area contributed by atoms with Crippen LogP contribution in [0.25, 0.3) is 0 Å². The SMILES string of the molecule is CCc1ccccc1CNC(=O)c1nnc(Cl)s1.